The van der Waals surface area contributed by atoms with Crippen LogP contribution in [0, 0.1) is 0 Å². The highest BCUT2D eigenvalue weighted by Gasteiger charge is 2.22. The third-order valence-electron chi connectivity index (χ3n) is 2.36. The molecule has 1 aliphatic rings. The van der Waals surface area contributed by atoms with Crippen molar-refractivity contribution in [2.45, 2.75) is 12.3 Å². The van der Waals surface area contributed by atoms with Gasteiger partial charge in [0.25, 0.3) is 0 Å². The van der Waals surface area contributed by atoms with Gasteiger partial charge in [0.05, 0.1) is 0 Å². The van der Waals surface area contributed by atoms with Crippen molar-refractivity contribution < 1.29 is 4.79 Å². The Morgan fingerprint density at radius 2 is 2.31 bits per heavy atom. The molecule has 0 bridgehead atoms. The van der Waals surface area contributed by atoms with Crippen LogP contribution in [0.15, 0.2) is 24.3 Å². The smallest absolute Gasteiger partial charge is 0.220 e. The predicted octanol–water partition coefficient (Wildman–Crippen LogP) is 0.872. The summed E-state index contributed by atoms with van der Waals surface area (Å²) in [4.78, 5) is 11.0. The Bertz CT molecular complexity index is 335. The fourth-order valence-corrected chi connectivity index (χ4v) is 1.65. The molecule has 0 spiro atoms. The van der Waals surface area contributed by atoms with Crippen LogP contribution in [-0.2, 0) is 4.79 Å². The normalized spacial score (nSPS) is 21.5. The van der Waals surface area contributed by atoms with E-state index in [1.807, 2.05) is 24.3 Å². The molecule has 1 aliphatic heterocycles. The van der Waals surface area contributed by atoms with Crippen molar-refractivity contribution in [3.8, 4) is 0 Å². The van der Waals surface area contributed by atoms with E-state index in [2.05, 4.69) is 5.32 Å². The monoisotopic (exact) mass is 176 g/mol. The fraction of sp³-hybridized carbons (Fsp3) is 0.300. The van der Waals surface area contributed by atoms with Crippen LogP contribution >= 0.6 is 0 Å². The van der Waals surface area contributed by atoms with Gasteiger partial charge in [0, 0.05) is 24.6 Å². The van der Waals surface area contributed by atoms with Gasteiger partial charge in [-0.3, -0.25) is 4.79 Å². The molecule has 3 nitrogen and oxygen atoms in total. The SMILES string of the molecule is Nc1cccc([C@H]2CNC(=O)C2)c1. The standard InChI is InChI=1S/C10H12N2O/c11-9-3-1-2-7(4-9)8-5-10(13)12-6-8/h1-4,8H,5-6,11H2,(H,12,13)/t8-/m1/s1. The summed E-state index contributed by atoms with van der Waals surface area (Å²) in [5.74, 6) is 0.434. The Hall–Kier alpha value is -1.51. The minimum Gasteiger partial charge on any atom is -0.399 e. The fourth-order valence-electron chi connectivity index (χ4n) is 1.65. The second kappa shape index (κ2) is 3.09. The number of nitrogens with two attached hydrogens (primary N) is 1. The van der Waals surface area contributed by atoms with E-state index in [4.69, 9.17) is 5.73 Å². The lowest BCUT2D eigenvalue weighted by molar-refractivity contribution is -0.119. The Kier molecular flexibility index (Phi) is 1.93. The number of hydrogen-bond acceptors (Lipinski definition) is 2. The van der Waals surface area contributed by atoms with Crippen molar-refractivity contribution in [1.82, 2.24) is 5.32 Å². The lowest BCUT2D eigenvalue weighted by Gasteiger charge is -2.07. The van der Waals surface area contributed by atoms with Crippen molar-refractivity contribution in [3.63, 3.8) is 0 Å². The van der Waals surface area contributed by atoms with E-state index in [-0.39, 0.29) is 5.91 Å². The molecule has 1 amide bonds. The first-order valence-electron chi connectivity index (χ1n) is 4.38. The molecule has 3 N–H and O–H groups in total. The summed E-state index contributed by atoms with van der Waals surface area (Å²) in [5, 5.41) is 2.81. The molecular formula is C10H12N2O. The second-order valence-corrected chi connectivity index (χ2v) is 3.38. The Morgan fingerprint density at radius 1 is 1.46 bits per heavy atom. The van der Waals surface area contributed by atoms with Crippen LogP contribution in [0.5, 0.6) is 0 Å². The zero-order valence-corrected chi connectivity index (χ0v) is 7.29. The number of carbonyl (C=O) groups is 1. The number of rotatable bonds is 1. The lowest BCUT2D eigenvalue weighted by Crippen LogP contribution is -2.13. The first kappa shape index (κ1) is 8.10. The van der Waals surface area contributed by atoms with Crippen molar-refractivity contribution in [2.75, 3.05) is 12.3 Å². The summed E-state index contributed by atoms with van der Waals surface area (Å²) in [5.41, 5.74) is 7.57. The summed E-state index contributed by atoms with van der Waals surface area (Å²) < 4.78 is 0. The highest BCUT2D eigenvalue weighted by atomic mass is 16.1. The minimum atomic E-state index is 0.132. The number of carbonyl (C=O) groups excluding carboxylic acids is 1. The lowest BCUT2D eigenvalue weighted by atomic mass is 9.98. The van der Waals surface area contributed by atoms with Crippen LogP contribution < -0.4 is 11.1 Å². The van der Waals surface area contributed by atoms with Gasteiger partial charge in [-0.05, 0) is 17.7 Å². The van der Waals surface area contributed by atoms with E-state index in [0.29, 0.717) is 12.3 Å². The van der Waals surface area contributed by atoms with Crippen LogP contribution in [0.2, 0.25) is 0 Å². The first-order chi connectivity index (χ1) is 6.25. The zero-order chi connectivity index (χ0) is 9.26. The van der Waals surface area contributed by atoms with Gasteiger partial charge in [-0.2, -0.15) is 0 Å². The molecule has 3 heteroatoms. The molecule has 1 aromatic rings. The van der Waals surface area contributed by atoms with Crippen LogP contribution in [-0.4, -0.2) is 12.5 Å². The quantitative estimate of drug-likeness (QED) is 0.624. The van der Waals surface area contributed by atoms with E-state index in [1.165, 1.54) is 0 Å². The van der Waals surface area contributed by atoms with Crippen LogP contribution in [0.25, 0.3) is 0 Å². The molecular weight excluding hydrogens is 164 g/mol. The van der Waals surface area contributed by atoms with E-state index in [1.54, 1.807) is 0 Å². The molecule has 0 unspecified atom stereocenters. The van der Waals surface area contributed by atoms with Crippen molar-refractivity contribution >= 4 is 11.6 Å². The number of amides is 1. The van der Waals surface area contributed by atoms with Crippen molar-refractivity contribution in [3.05, 3.63) is 29.8 Å². The number of nitrogen functional groups attached to an aromatic ring is 1. The topological polar surface area (TPSA) is 55.1 Å². The van der Waals surface area contributed by atoms with Gasteiger partial charge in [-0.25, -0.2) is 0 Å². The molecule has 1 saturated heterocycles. The van der Waals surface area contributed by atoms with Gasteiger partial charge < -0.3 is 11.1 Å². The van der Waals surface area contributed by atoms with Crippen LogP contribution in [0.3, 0.4) is 0 Å². The summed E-state index contributed by atoms with van der Waals surface area (Å²) >= 11 is 0. The predicted molar refractivity (Wildman–Crippen MR) is 51.2 cm³/mol. The third-order valence-corrected chi connectivity index (χ3v) is 2.36. The number of hydrogen-bond donors (Lipinski definition) is 2. The summed E-state index contributed by atoms with van der Waals surface area (Å²) in [7, 11) is 0. The van der Waals surface area contributed by atoms with E-state index in [9.17, 15) is 4.79 Å². The molecule has 2 rings (SSSR count). The maximum absolute atomic E-state index is 11.0. The van der Waals surface area contributed by atoms with Gasteiger partial charge in [-0.1, -0.05) is 12.1 Å². The molecule has 0 aromatic heterocycles. The Labute approximate surface area is 76.9 Å². The molecule has 1 atom stereocenters. The maximum Gasteiger partial charge on any atom is 0.220 e. The number of nitrogens with one attached hydrogen (secondary N) is 1. The number of benzene rings is 1. The van der Waals surface area contributed by atoms with Gasteiger partial charge in [-0.15, -0.1) is 0 Å². The van der Waals surface area contributed by atoms with Gasteiger partial charge in [0.15, 0.2) is 0 Å². The van der Waals surface area contributed by atoms with Crippen LogP contribution in [0.1, 0.15) is 17.9 Å². The average Bonchev–Trinajstić information content (AvgIpc) is 2.52. The highest BCUT2D eigenvalue weighted by molar-refractivity contribution is 5.79. The minimum absolute atomic E-state index is 0.132. The van der Waals surface area contributed by atoms with E-state index < -0.39 is 0 Å². The van der Waals surface area contributed by atoms with Crippen molar-refractivity contribution in [1.29, 1.82) is 0 Å². The van der Waals surface area contributed by atoms with E-state index >= 15 is 0 Å². The molecule has 1 aromatic carbocycles. The Morgan fingerprint density at radius 3 is 2.92 bits per heavy atom. The Balaban J connectivity index is 2.21. The second-order valence-electron chi connectivity index (χ2n) is 3.38. The summed E-state index contributed by atoms with van der Waals surface area (Å²) in [6, 6.07) is 7.73. The summed E-state index contributed by atoms with van der Waals surface area (Å²) in [6.45, 7) is 0.738. The van der Waals surface area contributed by atoms with Gasteiger partial charge in [0.1, 0.15) is 0 Å². The third kappa shape index (κ3) is 1.64. The highest BCUT2D eigenvalue weighted by Crippen LogP contribution is 2.23. The van der Waals surface area contributed by atoms with E-state index in [0.717, 1.165) is 17.8 Å². The molecule has 0 radical (unpaired) electrons. The summed E-state index contributed by atoms with van der Waals surface area (Å²) in [6.07, 6.45) is 0.587. The molecule has 68 valence electrons. The first-order valence-corrected chi connectivity index (χ1v) is 4.38. The molecule has 1 fully saturated rings. The zero-order valence-electron chi connectivity index (χ0n) is 7.29. The van der Waals surface area contributed by atoms with Crippen LogP contribution in [0.4, 0.5) is 5.69 Å². The number of anilines is 1. The van der Waals surface area contributed by atoms with Gasteiger partial charge in [0.2, 0.25) is 5.91 Å². The average molecular weight is 176 g/mol. The molecule has 1 heterocycles. The maximum atomic E-state index is 11.0. The van der Waals surface area contributed by atoms with Gasteiger partial charge >= 0.3 is 0 Å². The molecule has 0 saturated carbocycles. The van der Waals surface area contributed by atoms with Crippen molar-refractivity contribution in [2.24, 2.45) is 0 Å². The molecule has 13 heavy (non-hydrogen) atoms. The molecule has 0 aliphatic carbocycles. The largest absolute Gasteiger partial charge is 0.399 e.